The van der Waals surface area contributed by atoms with E-state index < -0.39 is 10.0 Å². The number of nitrogens with zero attached hydrogens (tertiary/aromatic N) is 1. The Morgan fingerprint density at radius 2 is 1.84 bits per heavy atom. The van der Waals surface area contributed by atoms with Crippen LogP contribution in [0.25, 0.3) is 0 Å². The highest BCUT2D eigenvalue weighted by Crippen LogP contribution is 2.26. The summed E-state index contributed by atoms with van der Waals surface area (Å²) in [6.07, 6.45) is 0.225. The molecule has 1 saturated heterocycles. The lowest BCUT2D eigenvalue weighted by molar-refractivity contribution is -0.117. The molecule has 0 radical (unpaired) electrons. The zero-order chi connectivity index (χ0) is 18.0. The van der Waals surface area contributed by atoms with Crippen LogP contribution >= 0.6 is 11.6 Å². The second-order valence-corrected chi connectivity index (χ2v) is 7.98. The number of benzene rings is 2. The van der Waals surface area contributed by atoms with Crippen molar-refractivity contribution in [3.63, 3.8) is 0 Å². The number of hydrogen-bond donors (Lipinski definition) is 1. The molecule has 132 valence electrons. The molecule has 0 bridgehead atoms. The average molecular weight is 383 g/mol. The molecule has 1 fully saturated rings. The SMILES string of the molecule is O=C1C[C@H](CNS(=O)(=O)c2ccccc2Cl)CN1c1ccc(F)cc1. The van der Waals surface area contributed by atoms with E-state index in [9.17, 15) is 17.6 Å². The molecule has 1 aliphatic heterocycles. The van der Waals surface area contributed by atoms with Crippen LogP contribution in [-0.2, 0) is 14.8 Å². The maximum Gasteiger partial charge on any atom is 0.242 e. The molecular weight excluding hydrogens is 367 g/mol. The molecule has 5 nitrogen and oxygen atoms in total. The molecule has 1 atom stereocenters. The third-order valence-corrected chi connectivity index (χ3v) is 5.95. The standard InChI is InChI=1S/C17H16ClFN2O3S/c18-15-3-1-2-4-16(15)25(23,24)20-10-12-9-17(22)21(11-12)14-7-5-13(19)6-8-14/h1-8,12,20H,9-11H2/t12-/m1/s1. The number of anilines is 1. The van der Waals surface area contributed by atoms with Gasteiger partial charge >= 0.3 is 0 Å². The van der Waals surface area contributed by atoms with Gasteiger partial charge < -0.3 is 4.90 Å². The van der Waals surface area contributed by atoms with E-state index in [0.29, 0.717) is 12.2 Å². The monoisotopic (exact) mass is 382 g/mol. The Hall–Kier alpha value is -1.96. The van der Waals surface area contributed by atoms with Gasteiger partial charge in [0.15, 0.2) is 0 Å². The van der Waals surface area contributed by atoms with E-state index in [4.69, 9.17) is 11.6 Å². The molecule has 0 spiro atoms. The van der Waals surface area contributed by atoms with Crippen molar-refractivity contribution in [2.75, 3.05) is 18.0 Å². The third kappa shape index (κ3) is 4.00. The van der Waals surface area contributed by atoms with Crippen LogP contribution in [0.15, 0.2) is 53.4 Å². The van der Waals surface area contributed by atoms with Crippen LogP contribution in [-0.4, -0.2) is 27.4 Å². The van der Waals surface area contributed by atoms with E-state index >= 15 is 0 Å². The van der Waals surface area contributed by atoms with E-state index in [-0.39, 0.29) is 40.5 Å². The second-order valence-electron chi connectivity index (χ2n) is 5.83. The van der Waals surface area contributed by atoms with Gasteiger partial charge in [-0.15, -0.1) is 0 Å². The van der Waals surface area contributed by atoms with Gasteiger partial charge in [0.2, 0.25) is 15.9 Å². The number of amides is 1. The molecule has 0 saturated carbocycles. The van der Waals surface area contributed by atoms with Gasteiger partial charge in [-0.05, 0) is 42.3 Å². The molecule has 1 N–H and O–H groups in total. The summed E-state index contributed by atoms with van der Waals surface area (Å²) >= 11 is 5.93. The topological polar surface area (TPSA) is 66.5 Å². The fourth-order valence-corrected chi connectivity index (χ4v) is 4.39. The van der Waals surface area contributed by atoms with Crippen molar-refractivity contribution in [1.82, 2.24) is 4.72 Å². The van der Waals surface area contributed by atoms with Crippen LogP contribution in [0.1, 0.15) is 6.42 Å². The quantitative estimate of drug-likeness (QED) is 0.864. The molecule has 0 unspecified atom stereocenters. The normalized spacial score (nSPS) is 17.9. The van der Waals surface area contributed by atoms with Gasteiger partial charge in [-0.25, -0.2) is 17.5 Å². The molecule has 1 aliphatic rings. The average Bonchev–Trinajstić information content (AvgIpc) is 2.95. The summed E-state index contributed by atoms with van der Waals surface area (Å²) in [5.41, 5.74) is 0.600. The first kappa shape index (κ1) is 17.8. The van der Waals surface area contributed by atoms with Crippen molar-refractivity contribution < 1.29 is 17.6 Å². The third-order valence-electron chi connectivity index (χ3n) is 4.03. The van der Waals surface area contributed by atoms with Gasteiger partial charge in [0.1, 0.15) is 10.7 Å². The predicted molar refractivity (Wildman–Crippen MR) is 93.5 cm³/mol. The van der Waals surface area contributed by atoms with Crippen LogP contribution < -0.4 is 9.62 Å². The molecule has 0 aromatic heterocycles. The molecular formula is C17H16ClFN2O3S. The van der Waals surface area contributed by atoms with Gasteiger partial charge in [-0.2, -0.15) is 0 Å². The summed E-state index contributed by atoms with van der Waals surface area (Å²) in [6.45, 7) is 0.493. The molecule has 2 aromatic rings. The lowest BCUT2D eigenvalue weighted by Crippen LogP contribution is -2.31. The van der Waals surface area contributed by atoms with E-state index in [1.165, 1.54) is 41.3 Å². The first-order chi connectivity index (χ1) is 11.9. The molecule has 3 rings (SSSR count). The van der Waals surface area contributed by atoms with Crippen LogP contribution in [0.3, 0.4) is 0 Å². The highest BCUT2D eigenvalue weighted by Gasteiger charge is 2.31. The summed E-state index contributed by atoms with van der Waals surface area (Å²) in [5.74, 6) is -0.664. The summed E-state index contributed by atoms with van der Waals surface area (Å²) < 4.78 is 40.2. The smallest absolute Gasteiger partial charge is 0.242 e. The van der Waals surface area contributed by atoms with Crippen LogP contribution in [0.5, 0.6) is 0 Å². The zero-order valence-electron chi connectivity index (χ0n) is 13.2. The Morgan fingerprint density at radius 1 is 1.16 bits per heavy atom. The molecule has 1 heterocycles. The number of nitrogens with one attached hydrogen (secondary N) is 1. The van der Waals surface area contributed by atoms with Gasteiger partial charge in [0, 0.05) is 25.2 Å². The number of rotatable bonds is 5. The summed E-state index contributed by atoms with van der Waals surface area (Å²) in [4.78, 5) is 13.7. The first-order valence-electron chi connectivity index (χ1n) is 7.67. The van der Waals surface area contributed by atoms with E-state index in [1.807, 2.05) is 0 Å². The van der Waals surface area contributed by atoms with Crippen molar-refractivity contribution in [2.24, 2.45) is 5.92 Å². The highest BCUT2D eigenvalue weighted by molar-refractivity contribution is 7.89. The minimum atomic E-state index is -3.74. The van der Waals surface area contributed by atoms with E-state index in [1.54, 1.807) is 12.1 Å². The van der Waals surface area contributed by atoms with Crippen LogP contribution in [0.4, 0.5) is 10.1 Å². The van der Waals surface area contributed by atoms with Crippen molar-refractivity contribution in [2.45, 2.75) is 11.3 Å². The molecule has 25 heavy (non-hydrogen) atoms. The molecule has 8 heteroatoms. The number of carbonyl (C=O) groups is 1. The molecule has 2 aromatic carbocycles. The van der Waals surface area contributed by atoms with Crippen LogP contribution in [0.2, 0.25) is 5.02 Å². The highest BCUT2D eigenvalue weighted by atomic mass is 35.5. The maximum absolute atomic E-state index is 13.0. The Bertz CT molecular complexity index is 887. The van der Waals surface area contributed by atoms with E-state index in [2.05, 4.69) is 4.72 Å². The number of halogens is 2. The maximum atomic E-state index is 13.0. The zero-order valence-corrected chi connectivity index (χ0v) is 14.7. The Balaban J connectivity index is 1.66. The minimum Gasteiger partial charge on any atom is -0.312 e. The Labute approximate surface area is 150 Å². The second kappa shape index (κ2) is 7.11. The number of hydrogen-bond acceptors (Lipinski definition) is 3. The fraction of sp³-hybridized carbons (Fsp3) is 0.235. The Morgan fingerprint density at radius 3 is 2.52 bits per heavy atom. The summed E-state index contributed by atoms with van der Waals surface area (Å²) in [5, 5.41) is 0.144. The number of carbonyl (C=O) groups excluding carboxylic acids is 1. The van der Waals surface area contributed by atoms with Crippen molar-refractivity contribution in [3.05, 3.63) is 59.4 Å². The lowest BCUT2D eigenvalue weighted by Gasteiger charge is -2.17. The van der Waals surface area contributed by atoms with Crippen molar-refractivity contribution in [3.8, 4) is 0 Å². The first-order valence-corrected chi connectivity index (χ1v) is 9.53. The lowest BCUT2D eigenvalue weighted by atomic mass is 10.1. The van der Waals surface area contributed by atoms with Crippen molar-refractivity contribution in [1.29, 1.82) is 0 Å². The predicted octanol–water partition coefficient (Wildman–Crippen LogP) is 2.81. The summed E-state index contributed by atoms with van der Waals surface area (Å²) in [6, 6.07) is 11.8. The largest absolute Gasteiger partial charge is 0.312 e. The molecule has 0 aliphatic carbocycles. The fourth-order valence-electron chi connectivity index (χ4n) is 2.76. The van der Waals surface area contributed by atoms with E-state index in [0.717, 1.165) is 0 Å². The Kier molecular flexibility index (Phi) is 5.08. The van der Waals surface area contributed by atoms with Gasteiger partial charge in [0.25, 0.3) is 0 Å². The minimum absolute atomic E-state index is 0.0105. The van der Waals surface area contributed by atoms with Gasteiger partial charge in [-0.3, -0.25) is 4.79 Å². The number of sulfonamides is 1. The summed E-state index contributed by atoms with van der Waals surface area (Å²) in [7, 11) is -3.74. The van der Waals surface area contributed by atoms with Crippen molar-refractivity contribution >= 4 is 33.2 Å². The van der Waals surface area contributed by atoms with Gasteiger partial charge in [0.05, 0.1) is 5.02 Å². The molecule has 1 amide bonds. The van der Waals surface area contributed by atoms with Crippen LogP contribution in [0, 0.1) is 11.7 Å². The van der Waals surface area contributed by atoms with Gasteiger partial charge in [-0.1, -0.05) is 23.7 Å².